The van der Waals surface area contributed by atoms with Gasteiger partial charge in [0.1, 0.15) is 5.82 Å². The lowest BCUT2D eigenvalue weighted by molar-refractivity contribution is -0.128. The van der Waals surface area contributed by atoms with Crippen LogP contribution in [0.2, 0.25) is 5.02 Å². The van der Waals surface area contributed by atoms with Crippen LogP contribution in [-0.2, 0) is 24.1 Å². The molecule has 216 valence electrons. The molecule has 1 aromatic carbocycles. The molecule has 9 nitrogen and oxygen atoms in total. The van der Waals surface area contributed by atoms with E-state index in [4.69, 9.17) is 21.6 Å². The molecule has 0 saturated carbocycles. The van der Waals surface area contributed by atoms with Crippen LogP contribution in [0.3, 0.4) is 0 Å². The SMILES string of the molecule is C=CC(=O)N1CCN(c2nc(N3CC(N(C)C)C3)nc3c2CCC(N2CCCc4ccc(Cl)cc42)C3)CC1CC#N. The first-order chi connectivity index (χ1) is 19.9. The molecule has 3 aliphatic heterocycles. The van der Waals surface area contributed by atoms with E-state index < -0.39 is 0 Å². The molecule has 2 atom stereocenters. The molecule has 41 heavy (non-hydrogen) atoms. The number of aromatic nitrogens is 2. The Labute approximate surface area is 248 Å². The number of piperazine rings is 1. The molecule has 2 unspecified atom stereocenters. The van der Waals surface area contributed by atoms with Crippen molar-refractivity contribution in [2.45, 2.75) is 56.7 Å². The van der Waals surface area contributed by atoms with Gasteiger partial charge >= 0.3 is 0 Å². The van der Waals surface area contributed by atoms with Crippen molar-refractivity contribution in [1.82, 2.24) is 19.8 Å². The third-order valence-electron chi connectivity index (χ3n) is 9.30. The molecular weight excluding hydrogens is 536 g/mol. The predicted molar refractivity (Wildman–Crippen MR) is 163 cm³/mol. The number of nitrogens with zero attached hydrogens (tertiary/aromatic N) is 8. The second-order valence-electron chi connectivity index (χ2n) is 12.0. The summed E-state index contributed by atoms with van der Waals surface area (Å²) in [6.45, 7) is 8.32. The highest BCUT2D eigenvalue weighted by Crippen LogP contribution is 2.38. The summed E-state index contributed by atoms with van der Waals surface area (Å²) in [4.78, 5) is 34.1. The fourth-order valence-corrected chi connectivity index (χ4v) is 7.04. The van der Waals surface area contributed by atoms with Gasteiger partial charge in [-0.3, -0.25) is 4.79 Å². The number of likely N-dealkylation sites (N-methyl/N-ethyl adjacent to an activating group) is 1. The van der Waals surface area contributed by atoms with Crippen LogP contribution >= 0.6 is 11.6 Å². The van der Waals surface area contributed by atoms with Gasteiger partial charge < -0.3 is 24.5 Å². The summed E-state index contributed by atoms with van der Waals surface area (Å²) in [5, 5.41) is 10.3. The highest BCUT2D eigenvalue weighted by Gasteiger charge is 2.37. The van der Waals surface area contributed by atoms with E-state index in [2.05, 4.69) is 58.5 Å². The van der Waals surface area contributed by atoms with Gasteiger partial charge in [-0.2, -0.15) is 10.2 Å². The molecule has 0 spiro atoms. The van der Waals surface area contributed by atoms with Crippen LogP contribution in [0, 0.1) is 11.3 Å². The first-order valence-electron chi connectivity index (χ1n) is 14.8. The molecule has 2 fully saturated rings. The van der Waals surface area contributed by atoms with Gasteiger partial charge in [0.2, 0.25) is 11.9 Å². The standard InChI is InChI=1S/C31H39ClN8O/c1-4-29(41)40-15-14-37(18-24(40)11-12-33)30-26-10-9-23(39-13-5-6-21-7-8-22(32)16-28(21)39)17-27(26)34-31(35-30)38-19-25(20-38)36(2)3/h4,7-8,16,23-25H,1,5-6,9-11,13-15,17-20H2,2-3H3. The van der Waals surface area contributed by atoms with Gasteiger partial charge in [-0.25, -0.2) is 4.98 Å². The quantitative estimate of drug-likeness (QED) is 0.486. The lowest BCUT2D eigenvalue weighted by atomic mass is 9.88. The van der Waals surface area contributed by atoms with Crippen molar-refractivity contribution in [3.05, 3.63) is 52.7 Å². The minimum atomic E-state index is -0.193. The fraction of sp³-hybridized carbons (Fsp3) is 0.548. The summed E-state index contributed by atoms with van der Waals surface area (Å²) < 4.78 is 0. The number of hydrogen-bond acceptors (Lipinski definition) is 8. The second kappa shape index (κ2) is 11.5. The molecule has 4 heterocycles. The molecule has 0 radical (unpaired) electrons. The zero-order valence-corrected chi connectivity index (χ0v) is 24.9. The number of aryl methyl sites for hydroxylation is 1. The van der Waals surface area contributed by atoms with Crippen molar-refractivity contribution in [2.24, 2.45) is 0 Å². The van der Waals surface area contributed by atoms with Crippen LogP contribution in [0.4, 0.5) is 17.5 Å². The van der Waals surface area contributed by atoms with Gasteiger partial charge in [-0.1, -0.05) is 24.2 Å². The van der Waals surface area contributed by atoms with E-state index in [9.17, 15) is 10.1 Å². The minimum absolute atomic E-state index is 0.115. The third kappa shape index (κ3) is 5.35. The van der Waals surface area contributed by atoms with E-state index in [0.29, 0.717) is 31.7 Å². The molecule has 2 saturated heterocycles. The lowest BCUT2D eigenvalue weighted by Crippen LogP contribution is -2.58. The Morgan fingerprint density at radius 3 is 2.76 bits per heavy atom. The topological polar surface area (TPSA) is 82.8 Å². The molecule has 1 aromatic heterocycles. The summed E-state index contributed by atoms with van der Waals surface area (Å²) in [6.07, 6.45) is 6.66. The highest BCUT2D eigenvalue weighted by atomic mass is 35.5. The van der Waals surface area contributed by atoms with Gasteiger partial charge in [-0.05, 0) is 63.6 Å². The molecular formula is C31H39ClN8O. The van der Waals surface area contributed by atoms with Crippen molar-refractivity contribution in [3.63, 3.8) is 0 Å². The van der Waals surface area contributed by atoms with Gasteiger partial charge in [0, 0.05) is 74.0 Å². The Bertz CT molecular complexity index is 1370. The van der Waals surface area contributed by atoms with Crippen LogP contribution in [0.5, 0.6) is 0 Å². The first-order valence-corrected chi connectivity index (χ1v) is 15.1. The number of carbonyl (C=O) groups is 1. The maximum Gasteiger partial charge on any atom is 0.246 e. The number of nitriles is 1. The van der Waals surface area contributed by atoms with Crippen LogP contribution in [0.15, 0.2) is 30.9 Å². The average molecular weight is 575 g/mol. The monoisotopic (exact) mass is 574 g/mol. The maximum absolute atomic E-state index is 12.5. The zero-order chi connectivity index (χ0) is 28.7. The average Bonchev–Trinajstić information content (AvgIpc) is 2.95. The second-order valence-corrected chi connectivity index (χ2v) is 12.4. The highest BCUT2D eigenvalue weighted by molar-refractivity contribution is 6.30. The van der Waals surface area contributed by atoms with Crippen molar-refractivity contribution < 1.29 is 4.79 Å². The number of hydrogen-bond donors (Lipinski definition) is 0. The number of benzene rings is 1. The molecule has 2 aromatic rings. The van der Waals surface area contributed by atoms with Crippen molar-refractivity contribution in [2.75, 3.05) is 68.1 Å². The number of carbonyl (C=O) groups excluding carboxylic acids is 1. The number of anilines is 3. The number of rotatable bonds is 6. The summed E-state index contributed by atoms with van der Waals surface area (Å²) >= 11 is 6.44. The third-order valence-corrected chi connectivity index (χ3v) is 9.54. The fourth-order valence-electron chi connectivity index (χ4n) is 6.87. The smallest absolute Gasteiger partial charge is 0.246 e. The molecule has 1 aliphatic carbocycles. The molecule has 10 heteroatoms. The molecule has 0 N–H and O–H groups in total. The van der Waals surface area contributed by atoms with Crippen molar-refractivity contribution in [1.29, 1.82) is 5.26 Å². The molecule has 6 rings (SSSR count). The summed E-state index contributed by atoms with van der Waals surface area (Å²) in [7, 11) is 4.24. The van der Waals surface area contributed by atoms with E-state index in [1.54, 1.807) is 4.90 Å². The Balaban J connectivity index is 1.32. The normalized spacial score (nSPS) is 22.6. The van der Waals surface area contributed by atoms with Gasteiger partial charge in [0.25, 0.3) is 0 Å². The minimum Gasteiger partial charge on any atom is -0.368 e. The van der Waals surface area contributed by atoms with Crippen LogP contribution < -0.4 is 14.7 Å². The lowest BCUT2D eigenvalue weighted by Gasteiger charge is -2.45. The van der Waals surface area contributed by atoms with E-state index in [0.717, 1.165) is 74.2 Å². The first kappa shape index (κ1) is 27.8. The Kier molecular flexibility index (Phi) is 7.80. The van der Waals surface area contributed by atoms with Gasteiger partial charge in [-0.15, -0.1) is 0 Å². The Morgan fingerprint density at radius 1 is 1.17 bits per heavy atom. The summed E-state index contributed by atoms with van der Waals surface area (Å²) in [5.74, 6) is 1.66. The number of amides is 1. The van der Waals surface area contributed by atoms with Crippen LogP contribution in [0.25, 0.3) is 0 Å². The van der Waals surface area contributed by atoms with E-state index in [1.165, 1.54) is 22.9 Å². The molecule has 1 amide bonds. The number of halogens is 1. The van der Waals surface area contributed by atoms with Crippen molar-refractivity contribution in [3.8, 4) is 6.07 Å². The Hall–Kier alpha value is -3.35. The van der Waals surface area contributed by atoms with E-state index in [-0.39, 0.29) is 18.4 Å². The van der Waals surface area contributed by atoms with E-state index >= 15 is 0 Å². The Morgan fingerprint density at radius 2 is 2.00 bits per heavy atom. The predicted octanol–water partition coefficient (Wildman–Crippen LogP) is 3.31. The largest absolute Gasteiger partial charge is 0.368 e. The van der Waals surface area contributed by atoms with Crippen LogP contribution in [-0.4, -0.2) is 97.2 Å². The van der Waals surface area contributed by atoms with Crippen LogP contribution in [0.1, 0.15) is 36.1 Å². The zero-order valence-electron chi connectivity index (χ0n) is 24.1. The number of fused-ring (bicyclic) bond motifs is 2. The summed E-state index contributed by atoms with van der Waals surface area (Å²) in [5.41, 5.74) is 4.99. The van der Waals surface area contributed by atoms with E-state index in [1.807, 2.05) is 6.07 Å². The molecule has 0 bridgehead atoms. The summed E-state index contributed by atoms with van der Waals surface area (Å²) in [6, 6.07) is 9.25. The van der Waals surface area contributed by atoms with Gasteiger partial charge in [0.15, 0.2) is 0 Å². The van der Waals surface area contributed by atoms with Crippen molar-refractivity contribution >= 4 is 35.0 Å². The maximum atomic E-state index is 12.5. The molecule has 4 aliphatic rings. The van der Waals surface area contributed by atoms with Gasteiger partial charge in [0.05, 0.1) is 24.2 Å².